The molecule has 74 valence electrons. The molecule has 2 aromatic rings. The van der Waals surface area contributed by atoms with Gasteiger partial charge in [0.2, 0.25) is 0 Å². The topological polar surface area (TPSA) is 44.5 Å². The summed E-state index contributed by atoms with van der Waals surface area (Å²) in [5.41, 5.74) is 2.52. The van der Waals surface area contributed by atoms with Crippen molar-refractivity contribution in [3.63, 3.8) is 0 Å². The monoisotopic (exact) mass is 215 g/mol. The first-order valence-electron chi connectivity index (χ1n) is 4.50. The summed E-state index contributed by atoms with van der Waals surface area (Å²) in [6.07, 6.45) is 1.78. The summed E-state index contributed by atoms with van der Waals surface area (Å²) in [5.74, 6) is 0. The highest BCUT2D eigenvalue weighted by molar-refractivity contribution is 7.71. The number of hydrogen-bond acceptors (Lipinski definition) is 2. The summed E-state index contributed by atoms with van der Waals surface area (Å²) in [6, 6.07) is 7.57. The number of hydrogen-bond donors (Lipinski definition) is 1. The fraction of sp³-hybridized carbons (Fsp3) is 0.0909. The molecule has 1 aromatic heterocycles. The maximum atomic E-state index is 8.81. The highest BCUT2D eigenvalue weighted by Gasteiger charge is 2.03. The second-order valence-corrected chi connectivity index (χ2v) is 3.56. The van der Waals surface area contributed by atoms with Crippen LogP contribution in [0.2, 0.25) is 0 Å². The zero-order valence-electron chi connectivity index (χ0n) is 8.03. The van der Waals surface area contributed by atoms with E-state index in [4.69, 9.17) is 17.5 Å². The van der Waals surface area contributed by atoms with E-state index in [-0.39, 0.29) is 0 Å². The van der Waals surface area contributed by atoms with E-state index in [0.717, 1.165) is 11.0 Å². The number of nitrogens with one attached hydrogen (secondary N) is 1. The average Bonchev–Trinajstić information content (AvgIpc) is 2.55. The van der Waals surface area contributed by atoms with Gasteiger partial charge in [0.05, 0.1) is 22.7 Å². The number of allylic oxidation sites excluding steroid dienone is 1. The molecule has 0 atom stereocenters. The lowest BCUT2D eigenvalue weighted by Gasteiger charge is -1.99. The molecule has 1 heterocycles. The lowest BCUT2D eigenvalue weighted by molar-refractivity contribution is 0.835. The van der Waals surface area contributed by atoms with Gasteiger partial charge in [0.15, 0.2) is 4.77 Å². The molecule has 1 aromatic carbocycles. The van der Waals surface area contributed by atoms with Crippen molar-refractivity contribution >= 4 is 23.3 Å². The Morgan fingerprint density at radius 1 is 1.60 bits per heavy atom. The van der Waals surface area contributed by atoms with Crippen molar-refractivity contribution in [3.8, 4) is 6.07 Å². The molecule has 0 aliphatic heterocycles. The zero-order valence-corrected chi connectivity index (χ0v) is 8.84. The first-order chi connectivity index (χ1) is 7.26. The maximum Gasteiger partial charge on any atom is 0.178 e. The van der Waals surface area contributed by atoms with Crippen molar-refractivity contribution in [2.24, 2.45) is 0 Å². The van der Waals surface area contributed by atoms with Crippen molar-refractivity contribution in [2.45, 2.75) is 6.54 Å². The van der Waals surface area contributed by atoms with Gasteiger partial charge >= 0.3 is 0 Å². The minimum Gasteiger partial charge on any atom is -0.331 e. The molecule has 15 heavy (non-hydrogen) atoms. The smallest absolute Gasteiger partial charge is 0.178 e. The predicted molar refractivity (Wildman–Crippen MR) is 62.0 cm³/mol. The Morgan fingerprint density at radius 3 is 3.07 bits per heavy atom. The summed E-state index contributed by atoms with van der Waals surface area (Å²) in [4.78, 5) is 3.08. The Morgan fingerprint density at radius 2 is 2.40 bits per heavy atom. The molecule has 3 nitrogen and oxygen atoms in total. The van der Waals surface area contributed by atoms with Crippen LogP contribution in [-0.4, -0.2) is 9.55 Å². The number of fused-ring (bicyclic) bond motifs is 1. The molecule has 0 saturated heterocycles. The number of benzene rings is 1. The fourth-order valence-corrected chi connectivity index (χ4v) is 1.82. The summed E-state index contributed by atoms with van der Waals surface area (Å²) in [7, 11) is 0. The van der Waals surface area contributed by atoms with E-state index in [2.05, 4.69) is 17.6 Å². The van der Waals surface area contributed by atoms with Crippen molar-refractivity contribution in [1.29, 1.82) is 5.26 Å². The molecule has 1 N–H and O–H groups in total. The Bertz CT molecular complexity index is 613. The van der Waals surface area contributed by atoms with Crippen molar-refractivity contribution in [2.75, 3.05) is 0 Å². The van der Waals surface area contributed by atoms with Crippen LogP contribution >= 0.6 is 12.2 Å². The van der Waals surface area contributed by atoms with Crippen LogP contribution in [0.25, 0.3) is 11.0 Å². The zero-order chi connectivity index (χ0) is 10.8. The van der Waals surface area contributed by atoms with Gasteiger partial charge in [-0.2, -0.15) is 5.26 Å². The van der Waals surface area contributed by atoms with E-state index in [1.54, 1.807) is 12.1 Å². The van der Waals surface area contributed by atoms with E-state index < -0.39 is 0 Å². The van der Waals surface area contributed by atoms with Gasteiger partial charge in [-0.15, -0.1) is 6.58 Å². The third-order valence-electron chi connectivity index (χ3n) is 2.22. The highest BCUT2D eigenvalue weighted by atomic mass is 32.1. The van der Waals surface area contributed by atoms with Crippen molar-refractivity contribution < 1.29 is 0 Å². The third kappa shape index (κ3) is 1.58. The van der Waals surface area contributed by atoms with E-state index in [9.17, 15) is 0 Å². The third-order valence-corrected chi connectivity index (χ3v) is 2.54. The summed E-state index contributed by atoms with van der Waals surface area (Å²) in [5, 5.41) is 8.81. The number of rotatable bonds is 2. The van der Waals surface area contributed by atoms with Crippen LogP contribution in [0, 0.1) is 16.1 Å². The molecule has 2 rings (SSSR count). The SMILES string of the molecule is C=CCn1c(=S)[nH]c2ccc(C#N)cc21. The minimum absolute atomic E-state index is 0.634. The molecule has 0 saturated carbocycles. The van der Waals surface area contributed by atoms with Crippen molar-refractivity contribution in [1.82, 2.24) is 9.55 Å². The number of H-pyrrole nitrogens is 1. The molecular formula is C11H9N3S. The van der Waals surface area contributed by atoms with Crippen LogP contribution in [0.1, 0.15) is 5.56 Å². The standard InChI is InChI=1S/C11H9N3S/c1-2-5-14-10-6-8(7-12)3-4-9(10)13-11(14)15/h2-4,6H,1,5H2,(H,13,15). The molecule has 0 aliphatic carbocycles. The quantitative estimate of drug-likeness (QED) is 0.618. The van der Waals surface area contributed by atoms with Crippen LogP contribution in [0.4, 0.5) is 0 Å². The minimum atomic E-state index is 0.634. The van der Waals surface area contributed by atoms with Crippen LogP contribution in [0.5, 0.6) is 0 Å². The number of aromatic amines is 1. The van der Waals surface area contributed by atoms with Crippen LogP contribution in [0.15, 0.2) is 30.9 Å². The van der Waals surface area contributed by atoms with Gasteiger partial charge in [-0.25, -0.2) is 0 Å². The van der Waals surface area contributed by atoms with Gasteiger partial charge in [0.1, 0.15) is 0 Å². The number of aromatic nitrogens is 2. The molecule has 4 heteroatoms. The summed E-state index contributed by atoms with van der Waals surface area (Å²) < 4.78 is 2.57. The second-order valence-electron chi connectivity index (χ2n) is 3.17. The Hall–Kier alpha value is -1.86. The van der Waals surface area contributed by atoms with E-state index in [0.29, 0.717) is 16.9 Å². The Balaban J connectivity index is 2.78. The fourth-order valence-electron chi connectivity index (χ4n) is 1.53. The molecule has 0 aliphatic rings. The summed E-state index contributed by atoms with van der Waals surface area (Å²) >= 11 is 5.17. The summed E-state index contributed by atoms with van der Waals surface area (Å²) in [6.45, 7) is 4.33. The maximum absolute atomic E-state index is 8.81. The van der Waals surface area contributed by atoms with E-state index in [1.807, 2.05) is 16.7 Å². The van der Waals surface area contributed by atoms with Gasteiger partial charge in [-0.3, -0.25) is 0 Å². The molecule has 0 bridgehead atoms. The van der Waals surface area contributed by atoms with Gasteiger partial charge in [0, 0.05) is 6.54 Å². The van der Waals surface area contributed by atoms with Gasteiger partial charge in [-0.1, -0.05) is 6.08 Å². The lowest BCUT2D eigenvalue weighted by atomic mass is 10.2. The first-order valence-corrected chi connectivity index (χ1v) is 4.90. The van der Waals surface area contributed by atoms with Crippen LogP contribution in [0.3, 0.4) is 0 Å². The molecule has 0 spiro atoms. The van der Waals surface area contributed by atoms with Crippen LogP contribution < -0.4 is 0 Å². The normalized spacial score (nSPS) is 10.1. The van der Waals surface area contributed by atoms with Crippen LogP contribution in [-0.2, 0) is 6.54 Å². The highest BCUT2D eigenvalue weighted by Crippen LogP contribution is 2.15. The first kappa shape index (κ1) is 9.69. The lowest BCUT2D eigenvalue weighted by Crippen LogP contribution is -1.94. The molecule has 0 unspecified atom stereocenters. The van der Waals surface area contributed by atoms with Gasteiger partial charge in [-0.05, 0) is 30.4 Å². The van der Waals surface area contributed by atoms with Crippen molar-refractivity contribution in [3.05, 3.63) is 41.2 Å². The van der Waals surface area contributed by atoms with Gasteiger partial charge < -0.3 is 9.55 Å². The number of imidazole rings is 1. The Kier molecular flexibility index (Phi) is 2.40. The van der Waals surface area contributed by atoms with Gasteiger partial charge in [0.25, 0.3) is 0 Å². The molecular weight excluding hydrogens is 206 g/mol. The molecule has 0 radical (unpaired) electrons. The molecule has 0 amide bonds. The Labute approximate surface area is 92.3 Å². The number of nitrogens with zero attached hydrogens (tertiary/aromatic N) is 2. The molecule has 0 fully saturated rings. The second kappa shape index (κ2) is 3.71. The average molecular weight is 215 g/mol. The predicted octanol–water partition coefficient (Wildman–Crippen LogP) is 2.76. The largest absolute Gasteiger partial charge is 0.331 e. The van der Waals surface area contributed by atoms with E-state index >= 15 is 0 Å². The van der Waals surface area contributed by atoms with E-state index in [1.165, 1.54) is 0 Å². The number of nitriles is 1.